The molecule has 1 atom stereocenters. The predicted octanol–water partition coefficient (Wildman–Crippen LogP) is 4.55. The number of aromatic nitrogens is 1. The number of hydrogen-bond acceptors (Lipinski definition) is 8. The monoisotopic (exact) mass is 643 g/mol. The molecule has 0 radical (unpaired) electrons. The van der Waals surface area contributed by atoms with Crippen LogP contribution in [0.15, 0.2) is 53.5 Å². The highest BCUT2D eigenvalue weighted by molar-refractivity contribution is 6.03. The van der Waals surface area contributed by atoms with Gasteiger partial charge in [0.1, 0.15) is 22.4 Å². The number of fused-ring (bicyclic) bond motifs is 4. The van der Waals surface area contributed by atoms with Crippen molar-refractivity contribution < 1.29 is 28.2 Å². The number of halogens is 1. The highest BCUT2D eigenvalue weighted by Crippen LogP contribution is 2.49. The Kier molecular flexibility index (Phi) is 8.01. The molecule has 1 aromatic heterocycles. The van der Waals surface area contributed by atoms with Gasteiger partial charge in [-0.25, -0.2) is 9.18 Å². The predicted molar refractivity (Wildman–Crippen MR) is 177 cm³/mol. The molecule has 12 heteroatoms. The maximum absolute atomic E-state index is 16.3. The molecule has 11 nitrogen and oxygen atoms in total. The van der Waals surface area contributed by atoms with Crippen LogP contribution in [0.5, 0.6) is 11.5 Å². The van der Waals surface area contributed by atoms with Gasteiger partial charge in [0, 0.05) is 50.9 Å². The van der Waals surface area contributed by atoms with E-state index in [4.69, 9.17) is 14.2 Å². The van der Waals surface area contributed by atoms with Gasteiger partial charge in [0.2, 0.25) is 5.43 Å². The molecular weight excluding hydrogens is 605 g/mol. The average Bonchev–Trinajstić information content (AvgIpc) is 3.49. The summed E-state index contributed by atoms with van der Waals surface area (Å²) >= 11 is 0. The van der Waals surface area contributed by atoms with Crippen molar-refractivity contribution in [1.82, 2.24) is 20.1 Å². The summed E-state index contributed by atoms with van der Waals surface area (Å²) in [6.07, 6.45) is 1.56. The van der Waals surface area contributed by atoms with E-state index in [1.54, 1.807) is 25.3 Å². The number of rotatable bonds is 6. The first-order chi connectivity index (χ1) is 22.6. The van der Waals surface area contributed by atoms with Gasteiger partial charge in [-0.3, -0.25) is 14.5 Å². The topological polar surface area (TPSA) is 114 Å². The maximum atomic E-state index is 16.3. The molecule has 2 N–H and O–H groups in total. The number of ether oxygens (including phenoxy) is 3. The quantitative estimate of drug-likeness (QED) is 0.277. The second-order valence-electron chi connectivity index (χ2n) is 13.2. The normalized spacial score (nSPS) is 17.8. The SMILES string of the molecule is CC(C)(C)OC(=O)N[C@@H]1CCN(c2c(F)cc3c(=O)c(C(=O)NCCN4CCOCC4)cn4c3c2Oc2c-4ccc3ccccc23)C1. The molecule has 7 rings (SSSR count). The summed E-state index contributed by atoms with van der Waals surface area (Å²) in [7, 11) is 0. The molecule has 2 amide bonds. The van der Waals surface area contributed by atoms with E-state index in [0.29, 0.717) is 62.8 Å². The van der Waals surface area contributed by atoms with Gasteiger partial charge in [-0.2, -0.15) is 0 Å². The molecule has 2 saturated heterocycles. The number of alkyl carbamates (subject to hydrolysis) is 1. The van der Waals surface area contributed by atoms with Gasteiger partial charge in [0.25, 0.3) is 5.91 Å². The molecule has 3 aliphatic heterocycles. The van der Waals surface area contributed by atoms with Crippen molar-refractivity contribution in [3.05, 3.63) is 70.3 Å². The number of anilines is 1. The number of nitrogens with one attached hydrogen (secondary N) is 2. The molecular formula is C35H38FN5O6. The molecule has 47 heavy (non-hydrogen) atoms. The molecule has 2 fully saturated rings. The Bertz CT molecular complexity index is 1950. The lowest BCUT2D eigenvalue weighted by molar-refractivity contribution is 0.0383. The van der Waals surface area contributed by atoms with Crippen LogP contribution in [0.2, 0.25) is 0 Å². The van der Waals surface area contributed by atoms with Crippen LogP contribution in [0.3, 0.4) is 0 Å². The van der Waals surface area contributed by atoms with E-state index in [2.05, 4.69) is 15.5 Å². The number of nitrogens with zero attached hydrogens (tertiary/aromatic N) is 3. The molecule has 0 spiro atoms. The van der Waals surface area contributed by atoms with E-state index < -0.39 is 28.8 Å². The minimum atomic E-state index is -0.650. The van der Waals surface area contributed by atoms with Gasteiger partial charge < -0.3 is 34.3 Å². The number of hydrogen-bond donors (Lipinski definition) is 2. The summed E-state index contributed by atoms with van der Waals surface area (Å²) in [5.74, 6) is -0.487. The van der Waals surface area contributed by atoms with Gasteiger partial charge in [-0.15, -0.1) is 0 Å². The Labute approximate surface area is 271 Å². The first kappa shape index (κ1) is 30.9. The lowest BCUT2D eigenvalue weighted by Crippen LogP contribution is -2.42. The largest absolute Gasteiger partial charge is 0.450 e. The summed E-state index contributed by atoms with van der Waals surface area (Å²) in [6.45, 7) is 9.97. The van der Waals surface area contributed by atoms with Crippen LogP contribution in [0.1, 0.15) is 37.6 Å². The van der Waals surface area contributed by atoms with Gasteiger partial charge in [-0.05, 0) is 44.7 Å². The fourth-order valence-corrected chi connectivity index (χ4v) is 6.59. The Morgan fingerprint density at radius 3 is 2.62 bits per heavy atom. The van der Waals surface area contributed by atoms with Crippen LogP contribution < -0.4 is 25.7 Å². The number of morpholine rings is 1. The molecule has 3 aliphatic rings. The third-order valence-electron chi connectivity index (χ3n) is 8.78. The van der Waals surface area contributed by atoms with Crippen molar-refractivity contribution in [2.24, 2.45) is 0 Å². The van der Waals surface area contributed by atoms with Gasteiger partial charge in [0.05, 0.1) is 30.3 Å². The fourth-order valence-electron chi connectivity index (χ4n) is 6.59. The van der Waals surface area contributed by atoms with E-state index in [-0.39, 0.29) is 28.4 Å². The second-order valence-corrected chi connectivity index (χ2v) is 13.2. The Hall–Kier alpha value is -4.68. The van der Waals surface area contributed by atoms with Crippen LogP contribution in [0.25, 0.3) is 27.4 Å². The maximum Gasteiger partial charge on any atom is 0.407 e. The molecule has 0 saturated carbocycles. The van der Waals surface area contributed by atoms with Crippen LogP contribution in [0, 0.1) is 5.82 Å². The summed E-state index contributed by atoms with van der Waals surface area (Å²) in [6, 6.07) is 12.5. The number of carbonyl (C=O) groups excluding carboxylic acids is 2. The lowest BCUT2D eigenvalue weighted by atomic mass is 10.0. The number of amides is 2. The molecule has 3 aromatic carbocycles. The molecule has 4 heterocycles. The van der Waals surface area contributed by atoms with E-state index >= 15 is 4.39 Å². The van der Waals surface area contributed by atoms with E-state index in [1.807, 2.05) is 41.3 Å². The standard InChI is InChI=1S/C35H38FN5O6/c1-35(2,3)47-34(44)38-22-10-12-40(19-22)29-26(36)18-24-28-32(29)46-31-23-7-5-4-6-21(23)8-9-27(31)41(28)20-25(30(24)42)33(43)37-11-13-39-14-16-45-17-15-39/h4-9,18,20,22H,10-17,19H2,1-3H3,(H,37,43)(H,38,44)/t22-/m1/s1. The number of benzene rings is 3. The van der Waals surface area contributed by atoms with Crippen LogP contribution in [0.4, 0.5) is 14.9 Å². The average molecular weight is 644 g/mol. The fraction of sp³-hybridized carbons (Fsp3) is 0.400. The summed E-state index contributed by atoms with van der Waals surface area (Å²) in [4.78, 5) is 43.8. The second kappa shape index (κ2) is 12.2. The third kappa shape index (κ3) is 5.98. The molecule has 0 aliphatic carbocycles. The highest BCUT2D eigenvalue weighted by atomic mass is 19.1. The lowest BCUT2D eigenvalue weighted by Gasteiger charge is -2.30. The van der Waals surface area contributed by atoms with Crippen molar-refractivity contribution in [2.75, 3.05) is 57.4 Å². The zero-order valence-corrected chi connectivity index (χ0v) is 26.7. The Morgan fingerprint density at radius 2 is 1.83 bits per heavy atom. The van der Waals surface area contributed by atoms with Crippen LogP contribution >= 0.6 is 0 Å². The Balaban J connectivity index is 1.28. The van der Waals surface area contributed by atoms with E-state index in [1.165, 1.54) is 12.3 Å². The third-order valence-corrected chi connectivity index (χ3v) is 8.78. The minimum absolute atomic E-state index is 0.0449. The molecule has 0 bridgehead atoms. The number of pyridine rings is 1. The highest BCUT2D eigenvalue weighted by Gasteiger charge is 2.35. The smallest absolute Gasteiger partial charge is 0.407 e. The Morgan fingerprint density at radius 1 is 1.04 bits per heavy atom. The van der Waals surface area contributed by atoms with Crippen LogP contribution in [-0.4, -0.2) is 85.6 Å². The first-order valence-electron chi connectivity index (χ1n) is 16.0. The van der Waals surface area contributed by atoms with Crippen LogP contribution in [-0.2, 0) is 9.47 Å². The van der Waals surface area contributed by atoms with Gasteiger partial charge >= 0.3 is 6.09 Å². The van der Waals surface area contributed by atoms with Crippen molar-refractivity contribution >= 4 is 39.4 Å². The van der Waals surface area contributed by atoms with Gasteiger partial charge in [0.15, 0.2) is 17.3 Å². The first-order valence-corrected chi connectivity index (χ1v) is 16.0. The van der Waals surface area contributed by atoms with Gasteiger partial charge in [-0.1, -0.05) is 30.3 Å². The van der Waals surface area contributed by atoms with E-state index in [9.17, 15) is 14.4 Å². The van der Waals surface area contributed by atoms with Crippen molar-refractivity contribution in [3.8, 4) is 17.2 Å². The summed E-state index contributed by atoms with van der Waals surface area (Å²) < 4.78 is 35.5. The van der Waals surface area contributed by atoms with Crippen molar-refractivity contribution in [3.63, 3.8) is 0 Å². The summed E-state index contributed by atoms with van der Waals surface area (Å²) in [5.41, 5.74) is -0.106. The minimum Gasteiger partial charge on any atom is -0.450 e. The summed E-state index contributed by atoms with van der Waals surface area (Å²) in [5, 5.41) is 7.54. The van der Waals surface area contributed by atoms with Crippen molar-refractivity contribution in [2.45, 2.75) is 38.8 Å². The van der Waals surface area contributed by atoms with Crippen molar-refractivity contribution in [1.29, 1.82) is 0 Å². The number of carbonyl (C=O) groups is 2. The molecule has 4 aromatic rings. The zero-order valence-electron chi connectivity index (χ0n) is 26.7. The van der Waals surface area contributed by atoms with E-state index in [0.717, 1.165) is 23.9 Å². The molecule has 0 unspecified atom stereocenters. The molecule has 246 valence electrons. The zero-order chi connectivity index (χ0) is 32.9.